The summed E-state index contributed by atoms with van der Waals surface area (Å²) in [6.07, 6.45) is 5.41. The van der Waals surface area contributed by atoms with E-state index in [2.05, 4.69) is 42.7 Å². The first-order chi connectivity index (χ1) is 14.1. The standard InChI is InChI=1S/C23H37N3O3.HI/c1-4-24-22(26-18-6-8-19(27)9-7-18)25-16-23(11-13-29-14-12-23)20-15-17(2)5-10-21(20)28-3;/h5,10,15,18-19,27H,4,6-9,11-14,16H2,1-3H3,(H2,24,25,26);1H. The summed E-state index contributed by atoms with van der Waals surface area (Å²) in [5.41, 5.74) is 2.39. The first-order valence-electron chi connectivity index (χ1n) is 11.0. The summed E-state index contributed by atoms with van der Waals surface area (Å²) in [7, 11) is 1.74. The predicted molar refractivity (Wildman–Crippen MR) is 132 cm³/mol. The minimum absolute atomic E-state index is 0. The Kier molecular flexibility index (Phi) is 10.2. The molecule has 1 aromatic carbocycles. The molecule has 1 saturated heterocycles. The molecule has 3 rings (SSSR count). The van der Waals surface area contributed by atoms with Crippen molar-refractivity contribution >= 4 is 29.9 Å². The van der Waals surface area contributed by atoms with E-state index in [4.69, 9.17) is 14.5 Å². The molecule has 1 aromatic rings. The Labute approximate surface area is 198 Å². The van der Waals surface area contributed by atoms with Crippen LogP contribution in [0.1, 0.15) is 56.6 Å². The number of guanidine groups is 1. The average molecular weight is 531 g/mol. The predicted octanol–water partition coefficient (Wildman–Crippen LogP) is 3.53. The number of benzene rings is 1. The lowest BCUT2D eigenvalue weighted by atomic mass is 9.73. The maximum absolute atomic E-state index is 9.77. The number of hydrogen-bond donors (Lipinski definition) is 3. The maximum atomic E-state index is 9.77. The molecule has 2 fully saturated rings. The van der Waals surface area contributed by atoms with Crippen LogP contribution in [0.4, 0.5) is 0 Å². The van der Waals surface area contributed by atoms with Crippen molar-refractivity contribution in [2.24, 2.45) is 4.99 Å². The molecular formula is C23H38IN3O3. The molecular weight excluding hydrogens is 493 g/mol. The Morgan fingerprint density at radius 3 is 2.57 bits per heavy atom. The maximum Gasteiger partial charge on any atom is 0.191 e. The van der Waals surface area contributed by atoms with Gasteiger partial charge in [0.15, 0.2) is 5.96 Å². The molecule has 30 heavy (non-hydrogen) atoms. The van der Waals surface area contributed by atoms with Crippen molar-refractivity contribution in [3.8, 4) is 5.75 Å². The van der Waals surface area contributed by atoms with Gasteiger partial charge in [0.25, 0.3) is 0 Å². The van der Waals surface area contributed by atoms with E-state index < -0.39 is 0 Å². The van der Waals surface area contributed by atoms with E-state index in [1.54, 1.807) is 7.11 Å². The number of rotatable bonds is 6. The lowest BCUT2D eigenvalue weighted by Gasteiger charge is -2.38. The molecule has 0 atom stereocenters. The van der Waals surface area contributed by atoms with Gasteiger partial charge in [0.1, 0.15) is 5.75 Å². The number of nitrogens with one attached hydrogen (secondary N) is 2. The molecule has 1 heterocycles. The van der Waals surface area contributed by atoms with Crippen molar-refractivity contribution in [2.75, 3.05) is 33.4 Å². The normalized spacial score (nSPS) is 23.9. The molecule has 3 N–H and O–H groups in total. The number of aliphatic imine (C=N–C) groups is 1. The third-order valence-electron chi connectivity index (χ3n) is 6.30. The highest BCUT2D eigenvalue weighted by molar-refractivity contribution is 14.0. The SMILES string of the molecule is CCNC(=NCC1(c2cc(C)ccc2OC)CCOCC1)NC1CCC(O)CC1.I. The molecule has 0 amide bonds. The summed E-state index contributed by atoms with van der Waals surface area (Å²) < 4.78 is 11.4. The Bertz CT molecular complexity index is 684. The van der Waals surface area contributed by atoms with Crippen LogP contribution in [0.3, 0.4) is 0 Å². The summed E-state index contributed by atoms with van der Waals surface area (Å²) in [5, 5.41) is 16.8. The van der Waals surface area contributed by atoms with Crippen molar-refractivity contribution in [1.29, 1.82) is 0 Å². The second kappa shape index (κ2) is 12.1. The Hall–Kier alpha value is -1.06. The number of aryl methyl sites for hydroxylation is 1. The van der Waals surface area contributed by atoms with E-state index in [-0.39, 0.29) is 35.5 Å². The summed E-state index contributed by atoms with van der Waals surface area (Å²) >= 11 is 0. The number of ether oxygens (including phenoxy) is 2. The molecule has 0 radical (unpaired) electrons. The fraction of sp³-hybridized carbons (Fsp3) is 0.696. The van der Waals surface area contributed by atoms with Gasteiger partial charge in [0.2, 0.25) is 0 Å². The topological polar surface area (TPSA) is 75.1 Å². The van der Waals surface area contributed by atoms with Crippen LogP contribution in [-0.4, -0.2) is 56.6 Å². The van der Waals surface area contributed by atoms with Gasteiger partial charge in [-0.1, -0.05) is 17.7 Å². The largest absolute Gasteiger partial charge is 0.496 e. The zero-order valence-electron chi connectivity index (χ0n) is 18.6. The fourth-order valence-electron chi connectivity index (χ4n) is 4.47. The number of aliphatic hydroxyl groups excluding tert-OH is 1. The number of hydrogen-bond acceptors (Lipinski definition) is 4. The molecule has 170 valence electrons. The van der Waals surface area contributed by atoms with E-state index in [0.29, 0.717) is 12.6 Å². The first kappa shape index (κ1) is 25.2. The second-order valence-electron chi connectivity index (χ2n) is 8.44. The highest BCUT2D eigenvalue weighted by Crippen LogP contribution is 2.40. The van der Waals surface area contributed by atoms with Crippen LogP contribution < -0.4 is 15.4 Å². The van der Waals surface area contributed by atoms with Crippen LogP contribution in [-0.2, 0) is 10.2 Å². The van der Waals surface area contributed by atoms with Gasteiger partial charge in [-0.2, -0.15) is 0 Å². The van der Waals surface area contributed by atoms with Crippen LogP contribution in [0.15, 0.2) is 23.2 Å². The number of aliphatic hydroxyl groups is 1. The molecule has 1 aliphatic carbocycles. The zero-order chi connectivity index (χ0) is 20.7. The molecule has 0 unspecified atom stereocenters. The van der Waals surface area contributed by atoms with Crippen molar-refractivity contribution in [1.82, 2.24) is 10.6 Å². The van der Waals surface area contributed by atoms with Crippen molar-refractivity contribution < 1.29 is 14.6 Å². The number of nitrogens with zero attached hydrogens (tertiary/aromatic N) is 1. The van der Waals surface area contributed by atoms with Crippen molar-refractivity contribution in [3.05, 3.63) is 29.3 Å². The van der Waals surface area contributed by atoms with Crippen LogP contribution in [0.2, 0.25) is 0 Å². The Morgan fingerprint density at radius 1 is 1.23 bits per heavy atom. The van der Waals surface area contributed by atoms with E-state index in [1.165, 1.54) is 11.1 Å². The third-order valence-corrected chi connectivity index (χ3v) is 6.30. The first-order valence-corrected chi connectivity index (χ1v) is 11.0. The highest BCUT2D eigenvalue weighted by Gasteiger charge is 2.37. The van der Waals surface area contributed by atoms with Gasteiger partial charge in [-0.25, -0.2) is 0 Å². The molecule has 7 heteroatoms. The molecule has 1 aliphatic heterocycles. The van der Waals surface area contributed by atoms with Gasteiger partial charge in [0.05, 0.1) is 19.8 Å². The Morgan fingerprint density at radius 2 is 1.93 bits per heavy atom. The molecule has 1 saturated carbocycles. The lowest BCUT2D eigenvalue weighted by Crippen LogP contribution is -2.46. The van der Waals surface area contributed by atoms with Crippen LogP contribution in [0.25, 0.3) is 0 Å². The minimum atomic E-state index is -0.146. The minimum Gasteiger partial charge on any atom is -0.496 e. The van der Waals surface area contributed by atoms with Crippen LogP contribution in [0, 0.1) is 6.92 Å². The van der Waals surface area contributed by atoms with Gasteiger partial charge in [-0.3, -0.25) is 4.99 Å². The van der Waals surface area contributed by atoms with Crippen molar-refractivity contribution in [3.63, 3.8) is 0 Å². The average Bonchev–Trinajstić information content (AvgIpc) is 2.74. The van der Waals surface area contributed by atoms with Gasteiger partial charge in [-0.05, 0) is 58.4 Å². The van der Waals surface area contributed by atoms with E-state index in [9.17, 15) is 5.11 Å². The second-order valence-corrected chi connectivity index (χ2v) is 8.44. The van der Waals surface area contributed by atoms with Crippen LogP contribution >= 0.6 is 24.0 Å². The Balaban J connectivity index is 0.00000320. The summed E-state index contributed by atoms with van der Waals surface area (Å²) in [6, 6.07) is 6.79. The van der Waals surface area contributed by atoms with Crippen molar-refractivity contribution in [2.45, 2.75) is 69.9 Å². The number of halogens is 1. The molecule has 0 aromatic heterocycles. The monoisotopic (exact) mass is 531 g/mol. The highest BCUT2D eigenvalue weighted by atomic mass is 127. The summed E-state index contributed by atoms with van der Waals surface area (Å²) in [5.74, 6) is 1.80. The van der Waals surface area contributed by atoms with E-state index in [0.717, 1.165) is 70.0 Å². The molecule has 2 aliphatic rings. The van der Waals surface area contributed by atoms with E-state index in [1.807, 2.05) is 0 Å². The molecule has 6 nitrogen and oxygen atoms in total. The third kappa shape index (κ3) is 6.47. The summed E-state index contributed by atoms with van der Waals surface area (Å²) in [4.78, 5) is 5.02. The molecule has 0 bridgehead atoms. The smallest absolute Gasteiger partial charge is 0.191 e. The fourth-order valence-corrected chi connectivity index (χ4v) is 4.47. The van der Waals surface area contributed by atoms with Gasteiger partial charge in [-0.15, -0.1) is 24.0 Å². The quantitative estimate of drug-likeness (QED) is 0.298. The summed E-state index contributed by atoms with van der Waals surface area (Å²) in [6.45, 7) is 7.23. The lowest BCUT2D eigenvalue weighted by molar-refractivity contribution is 0.0522. The molecule has 0 spiro atoms. The van der Waals surface area contributed by atoms with E-state index >= 15 is 0 Å². The van der Waals surface area contributed by atoms with Gasteiger partial charge in [0, 0.05) is 36.8 Å². The zero-order valence-corrected chi connectivity index (χ0v) is 20.9. The van der Waals surface area contributed by atoms with Gasteiger partial charge >= 0.3 is 0 Å². The number of methoxy groups -OCH3 is 1. The van der Waals surface area contributed by atoms with Gasteiger partial charge < -0.3 is 25.2 Å². The van der Waals surface area contributed by atoms with Crippen LogP contribution in [0.5, 0.6) is 5.75 Å².